The molecule has 1 aromatic rings. The Labute approximate surface area is 138 Å². The molecule has 1 amide bonds. The summed E-state index contributed by atoms with van der Waals surface area (Å²) in [5.41, 5.74) is 4.48. The van der Waals surface area contributed by atoms with Crippen molar-refractivity contribution in [1.29, 1.82) is 0 Å². The third-order valence-electron chi connectivity index (χ3n) is 2.86. The fraction of sp³-hybridized carbons (Fsp3) is 0.467. The van der Waals surface area contributed by atoms with E-state index in [1.165, 1.54) is 18.2 Å². The van der Waals surface area contributed by atoms with E-state index in [1.54, 1.807) is 20.8 Å². The number of hydrogen-bond acceptors (Lipinski definition) is 5. The third kappa shape index (κ3) is 5.90. The molecule has 0 saturated heterocycles. The Morgan fingerprint density at radius 3 is 2.46 bits per heavy atom. The van der Waals surface area contributed by atoms with Crippen LogP contribution in [0.15, 0.2) is 18.2 Å². The highest BCUT2D eigenvalue weighted by Gasteiger charge is 2.24. The van der Waals surface area contributed by atoms with E-state index in [9.17, 15) is 18.4 Å². The lowest BCUT2D eigenvalue weighted by atomic mass is 10.1. The van der Waals surface area contributed by atoms with Crippen LogP contribution in [0.2, 0.25) is 0 Å². The van der Waals surface area contributed by atoms with Crippen LogP contribution in [0.25, 0.3) is 0 Å². The summed E-state index contributed by atoms with van der Waals surface area (Å²) in [6.07, 6.45) is -3.65. The molecule has 7 nitrogen and oxygen atoms in total. The van der Waals surface area contributed by atoms with Gasteiger partial charge in [0.15, 0.2) is 0 Å². The van der Waals surface area contributed by atoms with Crippen LogP contribution in [0.4, 0.5) is 25.0 Å². The van der Waals surface area contributed by atoms with Crippen molar-refractivity contribution in [3.05, 3.63) is 23.8 Å². The number of nitrogens with one attached hydrogen (secondary N) is 2. The highest BCUT2D eigenvalue weighted by molar-refractivity contribution is 5.81. The van der Waals surface area contributed by atoms with Gasteiger partial charge >= 0.3 is 12.1 Å². The van der Waals surface area contributed by atoms with E-state index >= 15 is 0 Å². The van der Waals surface area contributed by atoms with Crippen molar-refractivity contribution in [2.45, 2.75) is 38.8 Å². The smallest absolute Gasteiger partial charge is 0.408 e. The molecule has 0 aliphatic rings. The Morgan fingerprint density at radius 2 is 1.96 bits per heavy atom. The summed E-state index contributed by atoms with van der Waals surface area (Å²) in [6, 6.07) is 2.67. The van der Waals surface area contributed by atoms with E-state index < -0.39 is 30.1 Å². The third-order valence-corrected chi connectivity index (χ3v) is 2.86. The molecule has 0 radical (unpaired) electrons. The molecular weight excluding hydrogens is 324 g/mol. The van der Waals surface area contributed by atoms with Gasteiger partial charge in [-0.1, -0.05) is 12.1 Å². The number of carboxylic acids is 1. The Kier molecular flexibility index (Phi) is 6.33. The van der Waals surface area contributed by atoms with Gasteiger partial charge in [0.25, 0.3) is 6.43 Å². The Morgan fingerprint density at radius 1 is 1.33 bits per heavy atom. The summed E-state index contributed by atoms with van der Waals surface area (Å²) in [5, 5.41) is 14.0. The number of carboxylic acid groups (broad SMARTS) is 1. The number of carbonyl (C=O) groups excluding carboxylic acids is 1. The van der Waals surface area contributed by atoms with Gasteiger partial charge in [0.05, 0.1) is 11.4 Å². The van der Waals surface area contributed by atoms with E-state index in [0.29, 0.717) is 0 Å². The average molecular weight is 345 g/mol. The highest BCUT2D eigenvalue weighted by atomic mass is 19.3. The Hall–Kier alpha value is -2.58. The molecule has 1 atom stereocenters. The molecule has 0 spiro atoms. The van der Waals surface area contributed by atoms with Gasteiger partial charge in [0.1, 0.15) is 11.6 Å². The Bertz CT molecular complexity index is 603. The second-order valence-corrected chi connectivity index (χ2v) is 6.03. The lowest BCUT2D eigenvalue weighted by Crippen LogP contribution is -2.47. The van der Waals surface area contributed by atoms with Gasteiger partial charge in [0, 0.05) is 12.1 Å². The number of para-hydroxylation sites is 1. The summed E-state index contributed by atoms with van der Waals surface area (Å²) in [6.45, 7) is 4.65. The summed E-state index contributed by atoms with van der Waals surface area (Å²) < 4.78 is 30.6. The first-order valence-electron chi connectivity index (χ1n) is 7.14. The molecule has 0 heterocycles. The molecule has 134 valence electrons. The summed E-state index contributed by atoms with van der Waals surface area (Å²) >= 11 is 0. The molecule has 0 aromatic heterocycles. The van der Waals surface area contributed by atoms with Crippen LogP contribution in [0.5, 0.6) is 0 Å². The molecule has 0 bridgehead atoms. The summed E-state index contributed by atoms with van der Waals surface area (Å²) in [5.74, 6) is -1.31. The van der Waals surface area contributed by atoms with Gasteiger partial charge in [-0.15, -0.1) is 0 Å². The first kappa shape index (κ1) is 19.5. The number of amides is 1. The van der Waals surface area contributed by atoms with E-state index in [4.69, 9.17) is 15.6 Å². The number of ether oxygens (including phenoxy) is 1. The normalized spacial score (nSPS) is 12.6. The zero-order valence-electron chi connectivity index (χ0n) is 13.6. The zero-order valence-corrected chi connectivity index (χ0v) is 13.6. The number of benzene rings is 1. The van der Waals surface area contributed by atoms with E-state index in [0.717, 1.165) is 0 Å². The maximum atomic E-state index is 12.8. The number of alkyl carbamates (subject to hydrolysis) is 1. The van der Waals surface area contributed by atoms with E-state index in [-0.39, 0.29) is 23.5 Å². The standard InChI is InChI=1S/C15H21F2N3O4/c1-15(2,3)24-14(23)20-10(13(21)22)7-19-9-6-4-5-8(11(9)18)12(16)17/h4-6,10,12,19H,7,18H2,1-3H3,(H,20,23)(H,21,22)/t10-/m0/s1. The molecule has 0 aliphatic heterocycles. The maximum absolute atomic E-state index is 12.8. The lowest BCUT2D eigenvalue weighted by Gasteiger charge is -2.22. The first-order valence-corrected chi connectivity index (χ1v) is 7.14. The molecule has 1 aromatic carbocycles. The second-order valence-electron chi connectivity index (χ2n) is 6.03. The van der Waals surface area contributed by atoms with Crippen molar-refractivity contribution in [3.63, 3.8) is 0 Å². The average Bonchev–Trinajstić information content (AvgIpc) is 2.42. The van der Waals surface area contributed by atoms with Crippen molar-refractivity contribution in [2.75, 3.05) is 17.6 Å². The van der Waals surface area contributed by atoms with Crippen LogP contribution in [0.3, 0.4) is 0 Å². The summed E-state index contributed by atoms with van der Waals surface area (Å²) in [4.78, 5) is 22.9. The molecule has 9 heteroatoms. The zero-order chi connectivity index (χ0) is 18.5. The highest BCUT2D eigenvalue weighted by Crippen LogP contribution is 2.30. The Balaban J connectivity index is 2.76. The van der Waals surface area contributed by atoms with Crippen molar-refractivity contribution >= 4 is 23.4 Å². The van der Waals surface area contributed by atoms with Gasteiger partial charge in [-0.05, 0) is 26.8 Å². The van der Waals surface area contributed by atoms with Gasteiger partial charge in [-0.2, -0.15) is 0 Å². The first-order chi connectivity index (χ1) is 11.0. The van der Waals surface area contributed by atoms with E-state index in [1.807, 2.05) is 0 Å². The monoisotopic (exact) mass is 345 g/mol. The molecule has 0 fully saturated rings. The summed E-state index contributed by atoms with van der Waals surface area (Å²) in [7, 11) is 0. The van der Waals surface area contributed by atoms with E-state index in [2.05, 4.69) is 10.6 Å². The van der Waals surface area contributed by atoms with Gasteiger partial charge in [-0.3, -0.25) is 0 Å². The molecule has 0 unspecified atom stereocenters. The number of nitrogen functional groups attached to an aromatic ring is 1. The minimum absolute atomic E-state index is 0.157. The van der Waals surface area contributed by atoms with Gasteiger partial charge in [-0.25, -0.2) is 18.4 Å². The molecule has 1 rings (SSSR count). The number of anilines is 2. The van der Waals surface area contributed by atoms with Crippen LogP contribution in [0.1, 0.15) is 32.8 Å². The number of hydrogen-bond donors (Lipinski definition) is 4. The van der Waals surface area contributed by atoms with Crippen molar-refractivity contribution < 1.29 is 28.2 Å². The molecule has 24 heavy (non-hydrogen) atoms. The predicted molar refractivity (Wildman–Crippen MR) is 85.1 cm³/mol. The van der Waals surface area contributed by atoms with Crippen LogP contribution < -0.4 is 16.4 Å². The molecule has 0 aliphatic carbocycles. The van der Waals surface area contributed by atoms with Crippen LogP contribution in [-0.2, 0) is 9.53 Å². The molecule has 5 N–H and O–H groups in total. The predicted octanol–water partition coefficient (Wildman–Crippen LogP) is 2.60. The number of aliphatic carboxylic acids is 1. The second kappa shape index (κ2) is 7.80. The lowest BCUT2D eigenvalue weighted by molar-refractivity contribution is -0.139. The van der Waals surface area contributed by atoms with Crippen molar-refractivity contribution in [2.24, 2.45) is 0 Å². The number of carbonyl (C=O) groups is 2. The number of rotatable bonds is 6. The number of alkyl halides is 2. The van der Waals surface area contributed by atoms with Gasteiger partial charge in [0.2, 0.25) is 0 Å². The largest absolute Gasteiger partial charge is 0.480 e. The minimum atomic E-state index is -2.75. The minimum Gasteiger partial charge on any atom is -0.480 e. The SMILES string of the molecule is CC(C)(C)OC(=O)N[C@@H](CNc1cccc(C(F)F)c1N)C(=O)O. The van der Waals surface area contributed by atoms with Crippen molar-refractivity contribution in [1.82, 2.24) is 5.32 Å². The quantitative estimate of drug-likeness (QED) is 0.589. The fourth-order valence-corrected chi connectivity index (χ4v) is 1.79. The molecular formula is C15H21F2N3O4. The van der Waals surface area contributed by atoms with Crippen molar-refractivity contribution in [3.8, 4) is 0 Å². The number of nitrogens with two attached hydrogens (primary N) is 1. The van der Waals surface area contributed by atoms with Crippen LogP contribution in [0, 0.1) is 0 Å². The van der Waals surface area contributed by atoms with Crippen LogP contribution >= 0.6 is 0 Å². The molecule has 0 saturated carbocycles. The van der Waals surface area contributed by atoms with Gasteiger partial charge < -0.3 is 26.2 Å². The fourth-order valence-electron chi connectivity index (χ4n) is 1.79. The topological polar surface area (TPSA) is 114 Å². The number of halogens is 2. The van der Waals surface area contributed by atoms with Crippen LogP contribution in [-0.4, -0.2) is 35.4 Å². The maximum Gasteiger partial charge on any atom is 0.408 e.